The molecule has 0 N–H and O–H groups in total. The second-order valence-electron chi connectivity index (χ2n) is 8.03. The highest BCUT2D eigenvalue weighted by molar-refractivity contribution is 5.09. The van der Waals surface area contributed by atoms with Gasteiger partial charge in [-0.15, -0.1) is 0 Å². The van der Waals surface area contributed by atoms with Crippen LogP contribution in [0.3, 0.4) is 0 Å². The van der Waals surface area contributed by atoms with E-state index in [0.717, 1.165) is 29.7 Å². The predicted molar refractivity (Wildman–Crippen MR) is 83.7 cm³/mol. The third-order valence-electron chi connectivity index (χ3n) is 6.80. The van der Waals surface area contributed by atoms with Gasteiger partial charge in [0.1, 0.15) is 0 Å². The normalized spacial score (nSPS) is 47.9. The Morgan fingerprint density at radius 1 is 0.950 bits per heavy atom. The van der Waals surface area contributed by atoms with Crippen LogP contribution >= 0.6 is 0 Å². The molecular weight excluding hydrogens is 244 g/mol. The van der Waals surface area contributed by atoms with E-state index < -0.39 is 0 Å². The van der Waals surface area contributed by atoms with Crippen LogP contribution in [-0.2, 0) is 0 Å². The van der Waals surface area contributed by atoms with Crippen LogP contribution in [0.15, 0.2) is 11.6 Å². The van der Waals surface area contributed by atoms with E-state index in [2.05, 4.69) is 29.8 Å². The second kappa shape index (κ2) is 5.14. The van der Waals surface area contributed by atoms with Crippen LogP contribution < -0.4 is 0 Å². The molecule has 0 aromatic heterocycles. The Hall–Kier alpha value is -0.340. The molecule has 0 bridgehead atoms. The Labute approximate surface area is 124 Å². The maximum Gasteiger partial charge on any atom is 0.0102 e. The summed E-state index contributed by atoms with van der Waals surface area (Å²) in [6.07, 6.45) is 9.61. The van der Waals surface area contributed by atoms with Crippen molar-refractivity contribution in [1.82, 2.24) is 9.80 Å². The molecule has 2 saturated carbocycles. The fraction of sp³-hybridized carbons (Fsp3) is 0.889. The summed E-state index contributed by atoms with van der Waals surface area (Å²) in [6, 6.07) is 0.929. The van der Waals surface area contributed by atoms with Crippen LogP contribution in [-0.4, -0.2) is 49.1 Å². The summed E-state index contributed by atoms with van der Waals surface area (Å²) in [5.41, 5.74) is 1.73. The highest BCUT2D eigenvalue weighted by Crippen LogP contribution is 2.44. The summed E-state index contributed by atoms with van der Waals surface area (Å²) in [7, 11) is 2.30. The van der Waals surface area contributed by atoms with Crippen molar-refractivity contribution in [2.45, 2.75) is 45.1 Å². The Kier molecular flexibility index (Phi) is 3.42. The van der Waals surface area contributed by atoms with Gasteiger partial charge in [-0.3, -0.25) is 4.90 Å². The first kappa shape index (κ1) is 13.3. The maximum atomic E-state index is 2.90. The van der Waals surface area contributed by atoms with Crippen molar-refractivity contribution in [3.8, 4) is 0 Å². The van der Waals surface area contributed by atoms with E-state index in [1.54, 1.807) is 5.57 Å². The summed E-state index contributed by atoms with van der Waals surface area (Å²) in [5.74, 6) is 4.03. The van der Waals surface area contributed by atoms with E-state index in [0.29, 0.717) is 0 Å². The van der Waals surface area contributed by atoms with Gasteiger partial charge in [0.15, 0.2) is 0 Å². The zero-order valence-corrected chi connectivity index (χ0v) is 13.2. The maximum absolute atomic E-state index is 2.90. The summed E-state index contributed by atoms with van der Waals surface area (Å²) in [4.78, 5) is 5.44. The Morgan fingerprint density at radius 3 is 2.35 bits per heavy atom. The van der Waals surface area contributed by atoms with Gasteiger partial charge in [-0.25, -0.2) is 0 Å². The lowest BCUT2D eigenvalue weighted by Gasteiger charge is -2.26. The van der Waals surface area contributed by atoms with Gasteiger partial charge in [0, 0.05) is 32.2 Å². The van der Waals surface area contributed by atoms with Crippen LogP contribution in [0.5, 0.6) is 0 Å². The van der Waals surface area contributed by atoms with Gasteiger partial charge in [0.05, 0.1) is 0 Å². The van der Waals surface area contributed by atoms with Gasteiger partial charge in [0.2, 0.25) is 0 Å². The van der Waals surface area contributed by atoms with Gasteiger partial charge in [0.25, 0.3) is 0 Å². The lowest BCUT2D eigenvalue weighted by molar-refractivity contribution is 0.214. The molecule has 112 valence electrons. The molecule has 2 nitrogen and oxygen atoms in total. The fourth-order valence-corrected chi connectivity index (χ4v) is 5.70. The van der Waals surface area contributed by atoms with Gasteiger partial charge >= 0.3 is 0 Å². The van der Waals surface area contributed by atoms with Gasteiger partial charge in [-0.2, -0.15) is 0 Å². The first-order valence-electron chi connectivity index (χ1n) is 8.79. The molecule has 0 aromatic carbocycles. The summed E-state index contributed by atoms with van der Waals surface area (Å²) < 4.78 is 0. The molecule has 0 spiro atoms. The van der Waals surface area contributed by atoms with Crippen molar-refractivity contribution in [2.75, 3.05) is 33.2 Å². The van der Waals surface area contributed by atoms with Crippen LogP contribution in [0.2, 0.25) is 0 Å². The minimum Gasteiger partial charge on any atom is -0.306 e. The number of likely N-dealkylation sites (tertiary alicyclic amines) is 2. The molecule has 20 heavy (non-hydrogen) atoms. The molecule has 0 radical (unpaired) electrons. The topological polar surface area (TPSA) is 6.48 Å². The minimum atomic E-state index is 0.929. The molecule has 2 saturated heterocycles. The van der Waals surface area contributed by atoms with Crippen LogP contribution in [0.25, 0.3) is 0 Å². The zero-order chi connectivity index (χ0) is 13.7. The van der Waals surface area contributed by atoms with Crippen molar-refractivity contribution in [2.24, 2.45) is 23.7 Å². The molecule has 2 aliphatic heterocycles. The molecule has 2 heterocycles. The Morgan fingerprint density at radius 2 is 1.65 bits per heavy atom. The molecule has 4 aliphatic rings. The van der Waals surface area contributed by atoms with E-state index in [9.17, 15) is 0 Å². The molecular formula is C18H30N2. The molecule has 4 atom stereocenters. The second-order valence-corrected chi connectivity index (χ2v) is 8.03. The standard InChI is InChI=1S/C18H30N2/c1-3-13-4-5-14-11-20(12-15(14)6-13)18-7-16-9-19(2)10-17(16)8-18/h3,14-18H,4-12H2,1-2H3/b13-3-. The smallest absolute Gasteiger partial charge is 0.0102 e. The fourth-order valence-electron chi connectivity index (χ4n) is 5.70. The number of rotatable bonds is 1. The monoisotopic (exact) mass is 274 g/mol. The van der Waals surface area contributed by atoms with Crippen molar-refractivity contribution in [1.29, 1.82) is 0 Å². The largest absolute Gasteiger partial charge is 0.306 e. The lowest BCUT2D eigenvalue weighted by atomic mass is 9.79. The molecule has 4 fully saturated rings. The first-order chi connectivity index (χ1) is 9.72. The molecule has 0 amide bonds. The highest BCUT2D eigenvalue weighted by Gasteiger charge is 2.45. The first-order valence-corrected chi connectivity index (χ1v) is 8.79. The van der Waals surface area contributed by atoms with Gasteiger partial charge in [-0.05, 0) is 69.7 Å². The average molecular weight is 274 g/mol. The molecule has 4 unspecified atom stereocenters. The molecule has 0 aromatic rings. The van der Waals surface area contributed by atoms with Crippen molar-refractivity contribution in [3.05, 3.63) is 11.6 Å². The van der Waals surface area contributed by atoms with Gasteiger partial charge < -0.3 is 4.90 Å². The van der Waals surface area contributed by atoms with E-state index in [1.807, 2.05) is 0 Å². The number of nitrogens with zero attached hydrogens (tertiary/aromatic N) is 2. The van der Waals surface area contributed by atoms with Gasteiger partial charge in [-0.1, -0.05) is 11.6 Å². The van der Waals surface area contributed by atoms with Crippen LogP contribution in [0, 0.1) is 23.7 Å². The summed E-state index contributed by atoms with van der Waals surface area (Å²) >= 11 is 0. The summed E-state index contributed by atoms with van der Waals surface area (Å²) in [5, 5.41) is 0. The third-order valence-corrected chi connectivity index (χ3v) is 6.80. The van der Waals surface area contributed by atoms with E-state index in [4.69, 9.17) is 0 Å². The zero-order valence-electron chi connectivity index (χ0n) is 13.2. The minimum absolute atomic E-state index is 0.929. The predicted octanol–water partition coefficient (Wildman–Crippen LogP) is 3.00. The van der Waals surface area contributed by atoms with E-state index >= 15 is 0 Å². The number of hydrogen-bond acceptors (Lipinski definition) is 2. The number of fused-ring (bicyclic) bond motifs is 2. The SMILES string of the molecule is C/C=C1/CCC2CN(C3CC4CN(C)CC4C3)CC2C1. The molecule has 4 rings (SSSR count). The molecule has 2 heteroatoms. The molecule has 2 aliphatic carbocycles. The highest BCUT2D eigenvalue weighted by atomic mass is 15.2. The quantitative estimate of drug-likeness (QED) is 0.678. The van der Waals surface area contributed by atoms with Crippen LogP contribution in [0.4, 0.5) is 0 Å². The van der Waals surface area contributed by atoms with Crippen LogP contribution in [0.1, 0.15) is 39.0 Å². The Bertz CT molecular complexity index is 388. The summed E-state index contributed by atoms with van der Waals surface area (Å²) in [6.45, 7) is 7.79. The number of allylic oxidation sites excluding steroid dienone is 2. The van der Waals surface area contributed by atoms with Crippen molar-refractivity contribution in [3.63, 3.8) is 0 Å². The Balaban J connectivity index is 1.38. The number of hydrogen-bond donors (Lipinski definition) is 0. The van der Waals surface area contributed by atoms with E-state index in [-0.39, 0.29) is 0 Å². The van der Waals surface area contributed by atoms with Crippen molar-refractivity contribution >= 4 is 0 Å². The van der Waals surface area contributed by atoms with Crippen molar-refractivity contribution < 1.29 is 0 Å². The average Bonchev–Trinajstić information content (AvgIpc) is 3.08. The van der Waals surface area contributed by atoms with E-state index in [1.165, 1.54) is 58.3 Å². The lowest BCUT2D eigenvalue weighted by Crippen LogP contribution is -2.33. The third kappa shape index (κ3) is 2.25.